The first-order valence-electron chi connectivity index (χ1n) is 8.64. The van der Waals surface area contributed by atoms with Crippen molar-refractivity contribution in [2.24, 2.45) is 0 Å². The average Bonchev–Trinajstić information content (AvgIpc) is 2.98. The van der Waals surface area contributed by atoms with Crippen LogP contribution in [0.5, 0.6) is 0 Å². The van der Waals surface area contributed by atoms with Crippen LogP contribution in [0.2, 0.25) is 0 Å². The van der Waals surface area contributed by atoms with Crippen molar-refractivity contribution < 1.29 is 9.18 Å². The lowest BCUT2D eigenvalue weighted by atomic mass is 10.0. The highest BCUT2D eigenvalue weighted by Gasteiger charge is 2.18. The molecule has 8 heteroatoms. The normalized spacial score (nSPS) is 11.1. The number of thiophene rings is 1. The lowest BCUT2D eigenvalue weighted by Crippen LogP contribution is -2.32. The van der Waals surface area contributed by atoms with Gasteiger partial charge in [0, 0.05) is 23.5 Å². The second kappa shape index (κ2) is 8.22. The molecule has 0 aliphatic carbocycles. The Hall–Kier alpha value is -2.19. The fourth-order valence-electron chi connectivity index (χ4n) is 2.93. The maximum Gasteiger partial charge on any atom is 0.260 e. The van der Waals surface area contributed by atoms with E-state index in [2.05, 4.69) is 9.97 Å². The van der Waals surface area contributed by atoms with E-state index < -0.39 is 0 Å². The summed E-state index contributed by atoms with van der Waals surface area (Å²) in [6, 6.07) is 6.08. The predicted molar refractivity (Wildman–Crippen MR) is 109 cm³/mol. The Morgan fingerprint density at radius 2 is 1.93 bits per heavy atom. The van der Waals surface area contributed by atoms with Gasteiger partial charge < -0.3 is 9.88 Å². The van der Waals surface area contributed by atoms with Crippen LogP contribution in [0.3, 0.4) is 0 Å². The minimum absolute atomic E-state index is 0.0158. The standard InChI is InChI=1S/C19H20FN3O2S2/c1-4-23(5-2)14(24)10-26-19-21-17(25)16-15(11(3)27-18(16)22-19)12-6-8-13(20)9-7-12/h6-9H,4-5,10H2,1-3H3,(H,21,22,25). The number of benzene rings is 1. The Bertz CT molecular complexity index is 1020. The first kappa shape index (κ1) is 19.6. The number of amides is 1. The first-order chi connectivity index (χ1) is 12.9. The molecule has 2 aromatic heterocycles. The number of hydrogen-bond acceptors (Lipinski definition) is 5. The highest BCUT2D eigenvalue weighted by molar-refractivity contribution is 7.99. The van der Waals surface area contributed by atoms with Crippen LogP contribution in [0.4, 0.5) is 4.39 Å². The van der Waals surface area contributed by atoms with Crippen molar-refractivity contribution >= 4 is 39.2 Å². The van der Waals surface area contributed by atoms with Gasteiger partial charge in [-0.05, 0) is 38.5 Å². The van der Waals surface area contributed by atoms with Gasteiger partial charge in [-0.3, -0.25) is 9.59 Å². The summed E-state index contributed by atoms with van der Waals surface area (Å²) in [6.45, 7) is 7.10. The molecule has 0 spiro atoms. The Kier molecular flexibility index (Phi) is 5.96. The molecule has 1 amide bonds. The van der Waals surface area contributed by atoms with Crippen LogP contribution in [0, 0.1) is 12.7 Å². The summed E-state index contributed by atoms with van der Waals surface area (Å²) in [4.78, 5) is 35.4. The van der Waals surface area contributed by atoms with Crippen LogP contribution in [0.1, 0.15) is 18.7 Å². The molecule has 1 aromatic carbocycles. The summed E-state index contributed by atoms with van der Waals surface area (Å²) in [5, 5.41) is 0.934. The SMILES string of the molecule is CCN(CC)C(=O)CSc1nc2sc(C)c(-c3ccc(F)cc3)c2c(=O)[nH]1. The second-order valence-electron chi connectivity index (χ2n) is 5.95. The van der Waals surface area contributed by atoms with E-state index in [-0.39, 0.29) is 23.0 Å². The highest BCUT2D eigenvalue weighted by Crippen LogP contribution is 2.36. The van der Waals surface area contributed by atoms with Gasteiger partial charge in [-0.15, -0.1) is 11.3 Å². The molecule has 142 valence electrons. The molecule has 0 fully saturated rings. The summed E-state index contributed by atoms with van der Waals surface area (Å²) < 4.78 is 13.2. The van der Waals surface area contributed by atoms with Crippen LogP contribution in [0.25, 0.3) is 21.3 Å². The molecule has 3 rings (SSSR count). The number of halogens is 1. The summed E-state index contributed by atoms with van der Waals surface area (Å²) in [7, 11) is 0. The Labute approximate surface area is 164 Å². The summed E-state index contributed by atoms with van der Waals surface area (Å²) >= 11 is 2.65. The number of aromatic amines is 1. The molecular formula is C19H20FN3O2S2. The molecule has 3 aromatic rings. The number of nitrogens with one attached hydrogen (secondary N) is 1. The van der Waals surface area contributed by atoms with Crippen molar-refractivity contribution in [3.8, 4) is 11.1 Å². The zero-order valence-corrected chi connectivity index (χ0v) is 17.0. The molecule has 5 nitrogen and oxygen atoms in total. The number of hydrogen-bond donors (Lipinski definition) is 1. The molecule has 1 N–H and O–H groups in total. The van der Waals surface area contributed by atoms with Gasteiger partial charge in [0.25, 0.3) is 5.56 Å². The topological polar surface area (TPSA) is 66.1 Å². The van der Waals surface area contributed by atoms with E-state index in [1.54, 1.807) is 17.0 Å². The molecule has 0 saturated heterocycles. The van der Waals surface area contributed by atoms with Gasteiger partial charge >= 0.3 is 0 Å². The lowest BCUT2D eigenvalue weighted by Gasteiger charge is -2.17. The highest BCUT2D eigenvalue weighted by atomic mass is 32.2. The molecule has 0 atom stereocenters. The minimum Gasteiger partial charge on any atom is -0.343 e. The largest absolute Gasteiger partial charge is 0.343 e. The number of H-pyrrole nitrogens is 1. The number of carbonyl (C=O) groups excluding carboxylic acids is 1. The predicted octanol–water partition coefficient (Wildman–Crippen LogP) is 4.06. The van der Waals surface area contributed by atoms with Crippen molar-refractivity contribution in [1.82, 2.24) is 14.9 Å². The van der Waals surface area contributed by atoms with Gasteiger partial charge in [0.15, 0.2) is 5.16 Å². The summed E-state index contributed by atoms with van der Waals surface area (Å²) in [5.41, 5.74) is 1.31. The summed E-state index contributed by atoms with van der Waals surface area (Å²) in [6.07, 6.45) is 0. The van der Waals surface area contributed by atoms with Crippen LogP contribution >= 0.6 is 23.1 Å². The van der Waals surface area contributed by atoms with Crippen molar-refractivity contribution in [2.75, 3.05) is 18.8 Å². The Morgan fingerprint density at radius 1 is 1.26 bits per heavy atom. The zero-order valence-electron chi connectivity index (χ0n) is 15.3. The van der Waals surface area contributed by atoms with Crippen molar-refractivity contribution in [3.05, 3.63) is 45.3 Å². The van der Waals surface area contributed by atoms with Gasteiger partial charge in [0.1, 0.15) is 10.6 Å². The van der Waals surface area contributed by atoms with E-state index in [0.29, 0.717) is 28.5 Å². The van der Waals surface area contributed by atoms with E-state index >= 15 is 0 Å². The number of aryl methyl sites for hydroxylation is 1. The van der Waals surface area contributed by atoms with E-state index in [0.717, 1.165) is 16.0 Å². The number of fused-ring (bicyclic) bond motifs is 1. The zero-order chi connectivity index (χ0) is 19.6. The molecule has 0 radical (unpaired) electrons. The number of carbonyl (C=O) groups is 1. The number of thioether (sulfide) groups is 1. The minimum atomic E-state index is -0.320. The third kappa shape index (κ3) is 4.06. The van der Waals surface area contributed by atoms with E-state index in [4.69, 9.17) is 0 Å². The molecule has 0 unspecified atom stereocenters. The van der Waals surface area contributed by atoms with E-state index in [1.165, 1.54) is 35.2 Å². The fourth-order valence-corrected chi connectivity index (χ4v) is 4.80. The van der Waals surface area contributed by atoms with Gasteiger partial charge in [0.05, 0.1) is 11.1 Å². The van der Waals surface area contributed by atoms with Gasteiger partial charge in [-0.25, -0.2) is 9.37 Å². The monoisotopic (exact) mass is 405 g/mol. The van der Waals surface area contributed by atoms with Gasteiger partial charge in [0.2, 0.25) is 5.91 Å². The molecule has 27 heavy (non-hydrogen) atoms. The quantitative estimate of drug-likeness (QED) is 0.496. The van der Waals surface area contributed by atoms with Crippen molar-refractivity contribution in [2.45, 2.75) is 25.9 Å². The fraction of sp³-hybridized carbons (Fsp3) is 0.316. The van der Waals surface area contributed by atoms with Gasteiger partial charge in [-0.1, -0.05) is 23.9 Å². The Morgan fingerprint density at radius 3 is 2.56 bits per heavy atom. The number of aromatic nitrogens is 2. The third-order valence-electron chi connectivity index (χ3n) is 4.30. The maximum absolute atomic E-state index is 13.2. The smallest absolute Gasteiger partial charge is 0.260 e. The molecule has 2 heterocycles. The Balaban J connectivity index is 1.93. The molecule has 0 aliphatic heterocycles. The van der Waals surface area contributed by atoms with Crippen molar-refractivity contribution in [1.29, 1.82) is 0 Å². The number of rotatable bonds is 6. The third-order valence-corrected chi connectivity index (χ3v) is 6.15. The van der Waals surface area contributed by atoms with E-state index in [1.807, 2.05) is 20.8 Å². The summed E-state index contributed by atoms with van der Waals surface area (Å²) in [5.74, 6) is -0.0766. The van der Waals surface area contributed by atoms with Crippen LogP contribution < -0.4 is 5.56 Å². The number of nitrogens with zero attached hydrogens (tertiary/aromatic N) is 2. The lowest BCUT2D eigenvalue weighted by molar-refractivity contribution is -0.127. The average molecular weight is 406 g/mol. The molecule has 0 bridgehead atoms. The second-order valence-corrected chi connectivity index (χ2v) is 8.11. The van der Waals surface area contributed by atoms with E-state index in [9.17, 15) is 14.0 Å². The molecule has 0 aliphatic rings. The van der Waals surface area contributed by atoms with Gasteiger partial charge in [-0.2, -0.15) is 0 Å². The molecular weight excluding hydrogens is 385 g/mol. The molecule has 0 saturated carbocycles. The van der Waals surface area contributed by atoms with Crippen molar-refractivity contribution in [3.63, 3.8) is 0 Å². The van der Waals surface area contributed by atoms with Crippen LogP contribution in [-0.4, -0.2) is 39.6 Å². The first-order valence-corrected chi connectivity index (χ1v) is 10.4. The van der Waals surface area contributed by atoms with Crippen LogP contribution in [-0.2, 0) is 4.79 Å². The van der Waals surface area contributed by atoms with Crippen LogP contribution in [0.15, 0.2) is 34.2 Å². The maximum atomic E-state index is 13.2.